The van der Waals surface area contributed by atoms with E-state index in [1.807, 2.05) is 0 Å². The van der Waals surface area contributed by atoms with Gasteiger partial charge in [-0.25, -0.2) is 0 Å². The molecule has 0 aliphatic rings. The Bertz CT molecular complexity index is 687. The number of nitrogens with zero attached hydrogens (tertiary/aromatic N) is 2. The second kappa shape index (κ2) is 5.31. The van der Waals surface area contributed by atoms with Crippen LogP contribution >= 0.6 is 11.3 Å². The van der Waals surface area contributed by atoms with Crippen molar-refractivity contribution in [3.8, 4) is 11.5 Å². The molecule has 0 saturated heterocycles. The second-order valence-electron chi connectivity index (χ2n) is 3.99. The maximum atomic E-state index is 12.0. The number of ether oxygens (including phenoxy) is 2. The number of hydrogen-bond donors (Lipinski definition) is 1. The average Bonchev–Trinajstić information content (AvgIpc) is 2.72. The monoisotopic (exact) mass is 281 g/mol. The van der Waals surface area contributed by atoms with Gasteiger partial charge in [0, 0.05) is 12.1 Å². The van der Waals surface area contributed by atoms with Gasteiger partial charge in [0.2, 0.25) is 0 Å². The molecule has 0 unspecified atom stereocenters. The van der Waals surface area contributed by atoms with Gasteiger partial charge in [0.15, 0.2) is 11.5 Å². The van der Waals surface area contributed by atoms with Gasteiger partial charge >= 0.3 is 4.87 Å². The predicted octanol–water partition coefficient (Wildman–Crippen LogP) is 1.41. The molecular formula is C12H15N3O3S. The number of fused-ring (bicyclic) bond motifs is 1. The third kappa shape index (κ3) is 2.41. The molecule has 2 N–H and O–H groups in total. The summed E-state index contributed by atoms with van der Waals surface area (Å²) in [6.07, 6.45) is 0. The molecule has 102 valence electrons. The van der Waals surface area contributed by atoms with E-state index in [0.29, 0.717) is 23.8 Å². The molecule has 0 atom stereocenters. The Labute approximate surface area is 114 Å². The van der Waals surface area contributed by atoms with E-state index < -0.39 is 0 Å². The molecule has 0 spiro atoms. The van der Waals surface area contributed by atoms with Gasteiger partial charge in [-0.2, -0.15) is 5.10 Å². The van der Waals surface area contributed by atoms with Crippen molar-refractivity contribution in [1.82, 2.24) is 4.57 Å². The van der Waals surface area contributed by atoms with Crippen molar-refractivity contribution in [3.05, 3.63) is 21.8 Å². The highest BCUT2D eigenvalue weighted by Crippen LogP contribution is 2.33. The van der Waals surface area contributed by atoms with Crippen molar-refractivity contribution >= 4 is 27.3 Å². The zero-order valence-corrected chi connectivity index (χ0v) is 11.8. The van der Waals surface area contributed by atoms with E-state index in [9.17, 15) is 4.79 Å². The lowest BCUT2D eigenvalue weighted by atomic mass is 10.3. The molecule has 0 aliphatic heterocycles. The first-order valence-electron chi connectivity index (χ1n) is 5.59. The van der Waals surface area contributed by atoms with Gasteiger partial charge in [-0.15, -0.1) is 0 Å². The zero-order chi connectivity index (χ0) is 14.0. The third-order valence-corrected chi connectivity index (χ3v) is 3.72. The van der Waals surface area contributed by atoms with E-state index in [4.69, 9.17) is 15.3 Å². The van der Waals surface area contributed by atoms with Crippen LogP contribution in [0, 0.1) is 0 Å². The molecular weight excluding hydrogens is 266 g/mol. The highest BCUT2D eigenvalue weighted by atomic mass is 32.1. The molecule has 1 aromatic carbocycles. The molecule has 7 heteroatoms. The summed E-state index contributed by atoms with van der Waals surface area (Å²) in [7, 11) is 3.12. The lowest BCUT2D eigenvalue weighted by Gasteiger charge is -2.08. The Hall–Kier alpha value is -2.02. The van der Waals surface area contributed by atoms with Crippen LogP contribution in [0.3, 0.4) is 0 Å². The fourth-order valence-corrected chi connectivity index (χ4v) is 2.71. The van der Waals surface area contributed by atoms with E-state index in [1.165, 1.54) is 0 Å². The smallest absolute Gasteiger partial charge is 0.308 e. The number of thiazole rings is 1. The van der Waals surface area contributed by atoms with Crippen LogP contribution in [0.1, 0.15) is 6.92 Å². The predicted molar refractivity (Wildman–Crippen MR) is 76.5 cm³/mol. The van der Waals surface area contributed by atoms with Gasteiger partial charge in [0.25, 0.3) is 0 Å². The normalized spacial score (nSPS) is 11.8. The van der Waals surface area contributed by atoms with Crippen LogP contribution in [0.25, 0.3) is 10.2 Å². The number of rotatable bonds is 4. The van der Waals surface area contributed by atoms with Crippen LogP contribution in [0.15, 0.2) is 22.0 Å². The summed E-state index contributed by atoms with van der Waals surface area (Å²) in [5.74, 6) is 6.41. The summed E-state index contributed by atoms with van der Waals surface area (Å²) in [5, 5.41) is 3.59. The largest absolute Gasteiger partial charge is 0.493 e. The first kappa shape index (κ1) is 13.4. The number of aromatic nitrogens is 1. The van der Waals surface area contributed by atoms with Gasteiger partial charge in [0.05, 0.1) is 36.7 Å². The van der Waals surface area contributed by atoms with Gasteiger partial charge in [-0.1, -0.05) is 11.3 Å². The topological polar surface area (TPSA) is 78.8 Å². The molecule has 0 bridgehead atoms. The van der Waals surface area contributed by atoms with Crippen LogP contribution in [0.2, 0.25) is 0 Å². The molecule has 0 aliphatic carbocycles. The van der Waals surface area contributed by atoms with Gasteiger partial charge in [0.1, 0.15) is 0 Å². The summed E-state index contributed by atoms with van der Waals surface area (Å²) < 4.78 is 12.9. The molecule has 1 heterocycles. The Balaban J connectivity index is 2.65. The zero-order valence-electron chi connectivity index (χ0n) is 11.0. The standard InChI is InChI=1S/C12H15N3O3S/c1-7(14-13)6-15-8-4-9(17-2)10(18-3)5-11(8)19-12(15)16/h4-5H,6,13H2,1-3H3/b14-7+. The Morgan fingerprint density at radius 1 is 1.37 bits per heavy atom. The molecule has 0 saturated carbocycles. The van der Waals surface area contributed by atoms with Gasteiger partial charge in [-0.3, -0.25) is 9.36 Å². The summed E-state index contributed by atoms with van der Waals surface area (Å²) >= 11 is 1.16. The Morgan fingerprint density at radius 2 is 2.00 bits per heavy atom. The molecule has 0 radical (unpaired) electrons. The van der Waals surface area contributed by atoms with E-state index in [0.717, 1.165) is 21.6 Å². The second-order valence-corrected chi connectivity index (χ2v) is 4.99. The maximum absolute atomic E-state index is 12.0. The van der Waals surface area contributed by atoms with Crippen molar-refractivity contribution in [3.63, 3.8) is 0 Å². The summed E-state index contributed by atoms with van der Waals surface area (Å²) in [6, 6.07) is 3.58. The average molecular weight is 281 g/mol. The number of nitrogens with two attached hydrogens (primary N) is 1. The van der Waals surface area contributed by atoms with Gasteiger partial charge in [-0.05, 0) is 6.92 Å². The number of benzene rings is 1. The summed E-state index contributed by atoms with van der Waals surface area (Å²) in [6.45, 7) is 2.14. The fourth-order valence-electron chi connectivity index (χ4n) is 1.81. The van der Waals surface area contributed by atoms with Crippen molar-refractivity contribution in [2.24, 2.45) is 10.9 Å². The van der Waals surface area contributed by atoms with Crippen molar-refractivity contribution in [2.75, 3.05) is 14.2 Å². The highest BCUT2D eigenvalue weighted by molar-refractivity contribution is 7.16. The molecule has 0 fully saturated rings. The fraction of sp³-hybridized carbons (Fsp3) is 0.333. The lowest BCUT2D eigenvalue weighted by Crippen LogP contribution is -2.18. The number of methoxy groups -OCH3 is 2. The van der Waals surface area contributed by atoms with Crippen molar-refractivity contribution in [1.29, 1.82) is 0 Å². The molecule has 0 amide bonds. The third-order valence-electron chi connectivity index (χ3n) is 2.78. The van der Waals surface area contributed by atoms with E-state index in [-0.39, 0.29) is 4.87 Å². The molecule has 1 aromatic heterocycles. The lowest BCUT2D eigenvalue weighted by molar-refractivity contribution is 0.356. The van der Waals surface area contributed by atoms with E-state index >= 15 is 0 Å². The molecule has 19 heavy (non-hydrogen) atoms. The number of hydrazone groups is 1. The van der Waals surface area contributed by atoms with Crippen molar-refractivity contribution in [2.45, 2.75) is 13.5 Å². The maximum Gasteiger partial charge on any atom is 0.308 e. The first-order chi connectivity index (χ1) is 9.10. The van der Waals surface area contributed by atoms with Crippen LogP contribution in [0.4, 0.5) is 0 Å². The minimum Gasteiger partial charge on any atom is -0.493 e. The quantitative estimate of drug-likeness (QED) is 0.522. The molecule has 6 nitrogen and oxygen atoms in total. The molecule has 2 aromatic rings. The Morgan fingerprint density at radius 3 is 2.58 bits per heavy atom. The number of hydrogen-bond acceptors (Lipinski definition) is 6. The van der Waals surface area contributed by atoms with Gasteiger partial charge < -0.3 is 15.3 Å². The van der Waals surface area contributed by atoms with Crippen LogP contribution in [-0.4, -0.2) is 24.5 Å². The van der Waals surface area contributed by atoms with E-state index in [2.05, 4.69) is 5.10 Å². The van der Waals surface area contributed by atoms with Crippen LogP contribution in [-0.2, 0) is 6.54 Å². The minimum absolute atomic E-state index is 0.0618. The van der Waals surface area contributed by atoms with Crippen LogP contribution < -0.4 is 20.2 Å². The van der Waals surface area contributed by atoms with E-state index in [1.54, 1.807) is 37.8 Å². The Kier molecular flexibility index (Phi) is 3.75. The highest BCUT2D eigenvalue weighted by Gasteiger charge is 2.13. The minimum atomic E-state index is -0.0618. The SMILES string of the molecule is COc1cc2sc(=O)n(C/C(C)=N/N)c2cc1OC. The van der Waals surface area contributed by atoms with Crippen LogP contribution in [0.5, 0.6) is 11.5 Å². The van der Waals surface area contributed by atoms with Crippen molar-refractivity contribution < 1.29 is 9.47 Å². The summed E-state index contributed by atoms with van der Waals surface area (Å²) in [5.41, 5.74) is 1.47. The summed E-state index contributed by atoms with van der Waals surface area (Å²) in [4.78, 5) is 11.9. The first-order valence-corrected chi connectivity index (χ1v) is 6.41. The molecule has 2 rings (SSSR count).